The van der Waals surface area contributed by atoms with Crippen molar-refractivity contribution in [3.05, 3.63) is 65.0 Å². The van der Waals surface area contributed by atoms with Crippen LogP contribution in [0.15, 0.2) is 54.6 Å². The van der Waals surface area contributed by atoms with Crippen molar-refractivity contribution in [2.24, 2.45) is 0 Å². The van der Waals surface area contributed by atoms with Gasteiger partial charge in [0.1, 0.15) is 0 Å². The van der Waals surface area contributed by atoms with E-state index in [2.05, 4.69) is 72.8 Å². The topological polar surface area (TPSA) is 12.0 Å². The summed E-state index contributed by atoms with van der Waals surface area (Å²) in [6.07, 6.45) is 7.44. The van der Waals surface area contributed by atoms with Gasteiger partial charge in [0.25, 0.3) is 0 Å². The largest absolute Gasteiger partial charge is 0.372 e. The maximum atomic E-state index is 5.52. The maximum Gasteiger partial charge on any atom is 0.0871 e. The molecule has 3 rings (SSSR count). The summed E-state index contributed by atoms with van der Waals surface area (Å²) in [5.74, 6) is 2.78. The van der Waals surface area contributed by atoms with Gasteiger partial charge in [-0.1, -0.05) is 43.2 Å². The van der Waals surface area contributed by atoms with Crippen LogP contribution in [0.3, 0.4) is 0 Å². The Labute approximate surface area is 136 Å². The Morgan fingerprint density at radius 3 is 2.68 bits per heavy atom. The Kier molecular flexibility index (Phi) is 4.46. The van der Waals surface area contributed by atoms with Crippen LogP contribution in [0, 0.1) is 12.3 Å². The Balaban J connectivity index is 1.83. The molecule has 1 unspecified atom stereocenters. The van der Waals surface area contributed by atoms with E-state index in [1.54, 1.807) is 0 Å². The van der Waals surface area contributed by atoms with E-state index in [4.69, 9.17) is 6.42 Å². The van der Waals surface area contributed by atoms with Crippen LogP contribution in [-0.2, 0) is 6.42 Å². The van der Waals surface area contributed by atoms with E-state index in [0.29, 0.717) is 0 Å². The van der Waals surface area contributed by atoms with E-state index in [1.807, 2.05) is 11.3 Å². The molecule has 0 aliphatic heterocycles. The zero-order chi connectivity index (χ0) is 15.4. The van der Waals surface area contributed by atoms with Crippen LogP contribution < -0.4 is 5.32 Å². The van der Waals surface area contributed by atoms with Gasteiger partial charge in [0.15, 0.2) is 0 Å². The summed E-state index contributed by atoms with van der Waals surface area (Å²) in [6.45, 7) is 2.10. The molecule has 0 fully saturated rings. The molecule has 1 N–H and O–H groups in total. The number of fused-ring (bicyclic) bond motifs is 1. The molecule has 1 atom stereocenters. The highest BCUT2D eigenvalue weighted by atomic mass is 32.1. The van der Waals surface area contributed by atoms with Crippen molar-refractivity contribution in [2.75, 3.05) is 5.32 Å². The lowest BCUT2D eigenvalue weighted by Crippen LogP contribution is -2.15. The van der Waals surface area contributed by atoms with Gasteiger partial charge in [-0.2, -0.15) is 0 Å². The van der Waals surface area contributed by atoms with Crippen molar-refractivity contribution in [3.63, 3.8) is 0 Å². The number of hydrogen-bond acceptors (Lipinski definition) is 2. The van der Waals surface area contributed by atoms with Crippen LogP contribution in [-0.4, -0.2) is 6.04 Å². The van der Waals surface area contributed by atoms with Crippen LogP contribution >= 0.6 is 11.3 Å². The maximum absolute atomic E-state index is 5.52. The minimum atomic E-state index is 0.0971. The van der Waals surface area contributed by atoms with Gasteiger partial charge in [-0.3, -0.25) is 0 Å². The average Bonchev–Trinajstić information content (AvgIpc) is 2.95. The molecule has 110 valence electrons. The average molecular weight is 305 g/mol. The normalized spacial score (nSPS) is 12.0. The minimum Gasteiger partial charge on any atom is -0.372 e. The number of rotatable bonds is 5. The molecule has 0 saturated carbocycles. The Bertz CT molecular complexity index is 795. The fourth-order valence-corrected chi connectivity index (χ4v) is 3.61. The summed E-state index contributed by atoms with van der Waals surface area (Å²) in [5.41, 5.74) is 2.45. The molecule has 3 aromatic rings. The van der Waals surface area contributed by atoms with Gasteiger partial charge in [-0.25, -0.2) is 0 Å². The quantitative estimate of drug-likeness (QED) is 0.629. The van der Waals surface area contributed by atoms with Crippen molar-refractivity contribution in [2.45, 2.75) is 25.8 Å². The van der Waals surface area contributed by atoms with Gasteiger partial charge in [-0.15, -0.1) is 17.8 Å². The summed E-state index contributed by atoms with van der Waals surface area (Å²) >= 11 is 1.86. The Morgan fingerprint density at radius 1 is 1.14 bits per heavy atom. The molecule has 2 aromatic carbocycles. The zero-order valence-electron chi connectivity index (χ0n) is 12.7. The van der Waals surface area contributed by atoms with Crippen LogP contribution in [0.25, 0.3) is 10.1 Å². The molecule has 1 aromatic heterocycles. The number of terminal acetylenes is 1. The lowest BCUT2D eigenvalue weighted by atomic mass is 10.1. The molecule has 1 nitrogen and oxygen atoms in total. The molecule has 0 spiro atoms. The third kappa shape index (κ3) is 3.32. The molecule has 0 bridgehead atoms. The second kappa shape index (κ2) is 6.68. The number of hydrogen-bond donors (Lipinski definition) is 1. The first kappa shape index (κ1) is 14.7. The zero-order valence-corrected chi connectivity index (χ0v) is 13.5. The lowest BCUT2D eigenvalue weighted by molar-refractivity contribution is 0.858. The summed E-state index contributed by atoms with van der Waals surface area (Å²) < 4.78 is 1.32. The Hall–Kier alpha value is -2.24. The van der Waals surface area contributed by atoms with E-state index in [0.717, 1.165) is 18.5 Å². The molecular weight excluding hydrogens is 286 g/mol. The first-order chi connectivity index (χ1) is 10.8. The second-order valence-corrected chi connectivity index (χ2v) is 6.57. The number of anilines is 1. The molecule has 1 heterocycles. The van der Waals surface area contributed by atoms with Crippen molar-refractivity contribution in [1.29, 1.82) is 0 Å². The molecule has 0 aliphatic carbocycles. The van der Waals surface area contributed by atoms with Gasteiger partial charge in [0, 0.05) is 21.7 Å². The Morgan fingerprint density at radius 2 is 1.95 bits per heavy atom. The van der Waals surface area contributed by atoms with E-state index in [-0.39, 0.29) is 6.04 Å². The standard InChI is InChI=1S/C20H19NS/c1-3-17(4-2)21-18-10-11-20-16(13-18)14-19(22-20)12-15-8-6-5-7-9-15/h1,5-11,13-14,17,21H,4,12H2,2H3. The molecule has 0 amide bonds. The van der Waals surface area contributed by atoms with E-state index in [1.165, 1.54) is 20.5 Å². The summed E-state index contributed by atoms with van der Waals surface area (Å²) in [4.78, 5) is 1.39. The van der Waals surface area contributed by atoms with Gasteiger partial charge >= 0.3 is 0 Å². The van der Waals surface area contributed by atoms with Crippen molar-refractivity contribution < 1.29 is 0 Å². The van der Waals surface area contributed by atoms with Gasteiger partial charge in [0.2, 0.25) is 0 Å². The van der Waals surface area contributed by atoms with Crippen molar-refractivity contribution in [1.82, 2.24) is 0 Å². The fourth-order valence-electron chi connectivity index (χ4n) is 2.54. The fraction of sp³-hybridized carbons (Fsp3) is 0.200. The highest BCUT2D eigenvalue weighted by Crippen LogP contribution is 2.29. The number of benzene rings is 2. The van der Waals surface area contributed by atoms with E-state index in [9.17, 15) is 0 Å². The molecule has 0 radical (unpaired) electrons. The summed E-state index contributed by atoms with van der Waals surface area (Å²) in [5, 5.41) is 4.68. The predicted molar refractivity (Wildman–Crippen MR) is 97.6 cm³/mol. The molecule has 0 aliphatic rings. The number of thiophene rings is 1. The number of nitrogens with one attached hydrogen (secondary N) is 1. The minimum absolute atomic E-state index is 0.0971. The van der Waals surface area contributed by atoms with E-state index >= 15 is 0 Å². The first-order valence-corrected chi connectivity index (χ1v) is 8.39. The van der Waals surface area contributed by atoms with Crippen LogP contribution in [0.1, 0.15) is 23.8 Å². The highest BCUT2D eigenvalue weighted by molar-refractivity contribution is 7.19. The molecule has 22 heavy (non-hydrogen) atoms. The SMILES string of the molecule is C#CC(CC)Nc1ccc2sc(Cc3ccccc3)cc2c1. The predicted octanol–water partition coefficient (Wildman–Crippen LogP) is 5.32. The van der Waals surface area contributed by atoms with Crippen molar-refractivity contribution >= 4 is 27.1 Å². The van der Waals surface area contributed by atoms with Crippen LogP contribution in [0.5, 0.6) is 0 Å². The monoisotopic (exact) mass is 305 g/mol. The second-order valence-electron chi connectivity index (χ2n) is 5.40. The van der Waals surface area contributed by atoms with Gasteiger partial charge in [0.05, 0.1) is 6.04 Å². The lowest BCUT2D eigenvalue weighted by Gasteiger charge is -2.11. The third-order valence-corrected chi connectivity index (χ3v) is 4.85. The van der Waals surface area contributed by atoms with E-state index < -0.39 is 0 Å². The van der Waals surface area contributed by atoms with Gasteiger partial charge in [-0.05, 0) is 41.6 Å². The molecule has 0 saturated heterocycles. The van der Waals surface area contributed by atoms with Gasteiger partial charge < -0.3 is 5.32 Å². The third-order valence-electron chi connectivity index (χ3n) is 3.74. The summed E-state index contributed by atoms with van der Waals surface area (Å²) in [7, 11) is 0. The molecule has 2 heteroatoms. The van der Waals surface area contributed by atoms with Crippen LogP contribution in [0.2, 0.25) is 0 Å². The first-order valence-electron chi connectivity index (χ1n) is 7.57. The van der Waals surface area contributed by atoms with Crippen LogP contribution in [0.4, 0.5) is 5.69 Å². The summed E-state index contributed by atoms with van der Waals surface area (Å²) in [6, 6.07) is 19.5. The highest BCUT2D eigenvalue weighted by Gasteiger charge is 2.06. The molecular formula is C20H19NS. The smallest absolute Gasteiger partial charge is 0.0871 e. The van der Waals surface area contributed by atoms with Crippen molar-refractivity contribution in [3.8, 4) is 12.3 Å².